The number of ether oxygens (including phenoxy) is 1. The minimum absolute atomic E-state index is 0. The zero-order valence-electron chi connectivity index (χ0n) is 13.2. The molecule has 0 radical (unpaired) electrons. The third-order valence-corrected chi connectivity index (χ3v) is 4.45. The van der Waals surface area contributed by atoms with Gasteiger partial charge in [-0.2, -0.15) is 0 Å². The predicted molar refractivity (Wildman–Crippen MR) is 95.1 cm³/mol. The first kappa shape index (κ1) is 19.0. The van der Waals surface area contributed by atoms with Crippen LogP contribution < -0.4 is 10.6 Å². The number of rotatable bonds is 3. The molecule has 1 atom stereocenters. The van der Waals surface area contributed by atoms with Crippen molar-refractivity contribution in [2.75, 3.05) is 38.2 Å². The Morgan fingerprint density at radius 2 is 2.04 bits per heavy atom. The van der Waals surface area contributed by atoms with Gasteiger partial charge in [0.05, 0.1) is 29.8 Å². The molecule has 132 valence electrons. The van der Waals surface area contributed by atoms with E-state index < -0.39 is 0 Å². The van der Waals surface area contributed by atoms with Gasteiger partial charge in [-0.3, -0.25) is 9.59 Å². The van der Waals surface area contributed by atoms with Gasteiger partial charge >= 0.3 is 0 Å². The molecule has 2 fully saturated rings. The third-order valence-electron chi connectivity index (χ3n) is 4.14. The highest BCUT2D eigenvalue weighted by molar-refractivity contribution is 6.34. The molecule has 24 heavy (non-hydrogen) atoms. The highest BCUT2D eigenvalue weighted by Crippen LogP contribution is 2.23. The molecule has 2 heterocycles. The molecule has 3 rings (SSSR count). The molecule has 0 aliphatic carbocycles. The molecule has 0 aromatic heterocycles. The average molecular weight is 374 g/mol. The van der Waals surface area contributed by atoms with E-state index in [9.17, 15) is 9.59 Å². The Morgan fingerprint density at radius 3 is 2.67 bits per heavy atom. The lowest BCUT2D eigenvalue weighted by Gasteiger charge is -2.27. The van der Waals surface area contributed by atoms with Gasteiger partial charge in [-0.05, 0) is 37.6 Å². The minimum atomic E-state index is -0.150. The molecular formula is C16H21Cl2N3O3. The first-order chi connectivity index (χ1) is 11.1. The lowest BCUT2D eigenvalue weighted by atomic mass is 10.1. The predicted octanol–water partition coefficient (Wildman–Crippen LogP) is 1.92. The van der Waals surface area contributed by atoms with E-state index in [0.717, 1.165) is 19.4 Å². The summed E-state index contributed by atoms with van der Waals surface area (Å²) >= 11 is 6.24. The highest BCUT2D eigenvalue weighted by Gasteiger charge is 2.23. The van der Waals surface area contributed by atoms with Crippen molar-refractivity contribution in [3.05, 3.63) is 28.8 Å². The van der Waals surface area contributed by atoms with E-state index in [0.29, 0.717) is 42.6 Å². The van der Waals surface area contributed by atoms with Gasteiger partial charge in [-0.15, -0.1) is 12.4 Å². The van der Waals surface area contributed by atoms with Gasteiger partial charge in [-0.25, -0.2) is 0 Å². The van der Waals surface area contributed by atoms with Crippen LogP contribution in [0.25, 0.3) is 0 Å². The number of amides is 2. The molecule has 2 saturated heterocycles. The van der Waals surface area contributed by atoms with Crippen molar-refractivity contribution >= 4 is 41.5 Å². The Hall–Kier alpha value is -1.34. The summed E-state index contributed by atoms with van der Waals surface area (Å²) in [5.74, 6) is -0.167. The Balaban J connectivity index is 0.00000208. The fraction of sp³-hybridized carbons (Fsp3) is 0.500. The topological polar surface area (TPSA) is 70.7 Å². The van der Waals surface area contributed by atoms with Gasteiger partial charge in [0.25, 0.3) is 5.91 Å². The minimum Gasteiger partial charge on any atom is -0.378 e. The Morgan fingerprint density at radius 1 is 1.29 bits per heavy atom. The van der Waals surface area contributed by atoms with Crippen molar-refractivity contribution in [3.8, 4) is 0 Å². The standard InChI is InChI=1S/C16H20ClN3O3.ClH/c17-13-10-11(19-15(21)14-2-1-5-18-14)3-4-12(13)16(22)20-6-8-23-9-7-20;/h3-4,10,14,18H,1-2,5-9H2,(H,19,21);1H. The van der Waals surface area contributed by atoms with Crippen molar-refractivity contribution < 1.29 is 14.3 Å². The summed E-state index contributed by atoms with van der Waals surface area (Å²) < 4.78 is 5.25. The molecule has 0 spiro atoms. The summed E-state index contributed by atoms with van der Waals surface area (Å²) in [7, 11) is 0. The Labute approximate surface area is 152 Å². The van der Waals surface area contributed by atoms with Crippen molar-refractivity contribution in [1.29, 1.82) is 0 Å². The molecule has 2 aliphatic heterocycles. The fourth-order valence-corrected chi connectivity index (χ4v) is 3.10. The van der Waals surface area contributed by atoms with Crippen LogP contribution in [0.1, 0.15) is 23.2 Å². The van der Waals surface area contributed by atoms with Crippen molar-refractivity contribution in [2.24, 2.45) is 0 Å². The number of anilines is 1. The summed E-state index contributed by atoms with van der Waals surface area (Å²) in [6.07, 6.45) is 1.85. The zero-order valence-corrected chi connectivity index (χ0v) is 14.8. The van der Waals surface area contributed by atoms with Crippen molar-refractivity contribution in [3.63, 3.8) is 0 Å². The smallest absolute Gasteiger partial charge is 0.255 e. The number of morpholine rings is 1. The van der Waals surface area contributed by atoms with Crippen LogP contribution in [0, 0.1) is 0 Å². The first-order valence-electron chi connectivity index (χ1n) is 7.86. The molecule has 8 heteroatoms. The number of carbonyl (C=O) groups excluding carboxylic acids is 2. The molecule has 1 aromatic rings. The number of nitrogens with one attached hydrogen (secondary N) is 2. The number of halogens is 2. The average Bonchev–Trinajstić information content (AvgIpc) is 3.10. The second kappa shape index (κ2) is 8.67. The number of benzene rings is 1. The highest BCUT2D eigenvalue weighted by atomic mass is 35.5. The number of nitrogens with zero attached hydrogens (tertiary/aromatic N) is 1. The maximum Gasteiger partial charge on any atom is 0.255 e. The van der Waals surface area contributed by atoms with Crippen LogP contribution >= 0.6 is 24.0 Å². The molecule has 2 N–H and O–H groups in total. The molecule has 1 aromatic carbocycles. The molecule has 2 aliphatic rings. The van der Waals surface area contributed by atoms with E-state index in [4.69, 9.17) is 16.3 Å². The van der Waals surface area contributed by atoms with Gasteiger partial charge in [0, 0.05) is 18.8 Å². The van der Waals surface area contributed by atoms with Gasteiger partial charge in [0.15, 0.2) is 0 Å². The van der Waals surface area contributed by atoms with Crippen LogP contribution in [0.2, 0.25) is 5.02 Å². The quantitative estimate of drug-likeness (QED) is 0.848. The molecule has 1 unspecified atom stereocenters. The van der Waals surface area contributed by atoms with E-state index in [1.54, 1.807) is 23.1 Å². The largest absolute Gasteiger partial charge is 0.378 e. The lowest BCUT2D eigenvalue weighted by molar-refractivity contribution is -0.117. The monoisotopic (exact) mass is 373 g/mol. The van der Waals surface area contributed by atoms with Crippen LogP contribution in [0.5, 0.6) is 0 Å². The van der Waals surface area contributed by atoms with Crippen LogP contribution in [-0.2, 0) is 9.53 Å². The summed E-state index contributed by atoms with van der Waals surface area (Å²) in [5.41, 5.74) is 1.05. The van der Waals surface area contributed by atoms with Crippen molar-refractivity contribution in [1.82, 2.24) is 10.2 Å². The van der Waals surface area contributed by atoms with E-state index in [1.165, 1.54) is 0 Å². The molecule has 6 nitrogen and oxygen atoms in total. The van der Waals surface area contributed by atoms with Crippen LogP contribution in [0.4, 0.5) is 5.69 Å². The van der Waals surface area contributed by atoms with Crippen molar-refractivity contribution in [2.45, 2.75) is 18.9 Å². The summed E-state index contributed by atoms with van der Waals surface area (Å²) in [5, 5.41) is 6.33. The van der Waals surface area contributed by atoms with Gasteiger partial charge in [0.1, 0.15) is 0 Å². The number of hydrogen-bond acceptors (Lipinski definition) is 4. The molecular weight excluding hydrogens is 353 g/mol. The summed E-state index contributed by atoms with van der Waals surface area (Å²) in [6, 6.07) is 4.86. The second-order valence-corrected chi connectivity index (χ2v) is 6.14. The Bertz CT molecular complexity index is 600. The van der Waals surface area contributed by atoms with Crippen LogP contribution in [-0.4, -0.2) is 55.6 Å². The van der Waals surface area contributed by atoms with Gasteiger partial charge in [0.2, 0.25) is 5.91 Å². The summed E-state index contributed by atoms with van der Waals surface area (Å²) in [4.78, 5) is 26.3. The van der Waals surface area contributed by atoms with Crippen LogP contribution in [0.15, 0.2) is 18.2 Å². The van der Waals surface area contributed by atoms with Crippen LogP contribution in [0.3, 0.4) is 0 Å². The van der Waals surface area contributed by atoms with E-state index in [-0.39, 0.29) is 30.3 Å². The summed E-state index contributed by atoms with van der Waals surface area (Å²) in [6.45, 7) is 3.10. The SMILES string of the molecule is Cl.O=C(Nc1ccc(C(=O)N2CCOCC2)c(Cl)c1)C1CCCN1. The van der Waals surface area contributed by atoms with Gasteiger partial charge in [-0.1, -0.05) is 11.6 Å². The normalized spacial score (nSPS) is 20.4. The number of hydrogen-bond donors (Lipinski definition) is 2. The van der Waals surface area contributed by atoms with Gasteiger partial charge < -0.3 is 20.3 Å². The van der Waals surface area contributed by atoms with E-state index in [2.05, 4.69) is 10.6 Å². The van der Waals surface area contributed by atoms with E-state index >= 15 is 0 Å². The molecule has 2 amide bonds. The molecule has 0 saturated carbocycles. The fourth-order valence-electron chi connectivity index (χ4n) is 2.84. The third kappa shape index (κ3) is 4.39. The van der Waals surface area contributed by atoms with E-state index in [1.807, 2.05) is 0 Å². The second-order valence-electron chi connectivity index (χ2n) is 5.74. The number of carbonyl (C=O) groups is 2. The lowest BCUT2D eigenvalue weighted by Crippen LogP contribution is -2.40. The molecule has 0 bridgehead atoms. The maximum absolute atomic E-state index is 12.5. The maximum atomic E-state index is 12.5. The first-order valence-corrected chi connectivity index (χ1v) is 8.24. The zero-order chi connectivity index (χ0) is 16.2. The Kier molecular flexibility index (Phi) is 6.86.